The number of tetrazole rings is 1. The Morgan fingerprint density at radius 1 is 1.11 bits per heavy atom. The van der Waals surface area contributed by atoms with E-state index in [9.17, 15) is 9.59 Å². The second-order valence-corrected chi connectivity index (χ2v) is 10.3. The number of hydrogen-bond acceptors (Lipinski definition) is 6. The van der Waals surface area contributed by atoms with Gasteiger partial charge in [-0.2, -0.15) is 5.21 Å². The molecule has 37 heavy (non-hydrogen) atoms. The zero-order chi connectivity index (χ0) is 26.0. The lowest BCUT2D eigenvalue weighted by molar-refractivity contribution is -0.132. The number of halogens is 2. The van der Waals surface area contributed by atoms with Gasteiger partial charge in [-0.3, -0.25) is 19.9 Å². The fourth-order valence-electron chi connectivity index (χ4n) is 5.36. The van der Waals surface area contributed by atoms with Gasteiger partial charge in [0.25, 0.3) is 17.8 Å². The number of aromatic nitrogens is 4. The van der Waals surface area contributed by atoms with Crippen LogP contribution in [0.4, 0.5) is 5.95 Å². The van der Waals surface area contributed by atoms with Crippen molar-refractivity contribution in [3.8, 4) is 0 Å². The number of nitrogens with zero attached hydrogens (tertiary/aromatic N) is 5. The first-order chi connectivity index (χ1) is 17.9. The molecule has 1 atom stereocenters. The van der Waals surface area contributed by atoms with E-state index in [4.69, 9.17) is 28.2 Å². The number of anilines is 1. The molecule has 1 spiro atoms. The van der Waals surface area contributed by atoms with Gasteiger partial charge in [-0.05, 0) is 73.2 Å². The van der Waals surface area contributed by atoms with Crippen molar-refractivity contribution in [2.24, 2.45) is 4.99 Å². The number of carbonyl (C=O) groups is 2. The van der Waals surface area contributed by atoms with Gasteiger partial charge in [0.2, 0.25) is 0 Å². The highest BCUT2D eigenvalue weighted by molar-refractivity contribution is 6.47. The van der Waals surface area contributed by atoms with Crippen LogP contribution >= 0.6 is 23.2 Å². The van der Waals surface area contributed by atoms with Crippen LogP contribution in [0.1, 0.15) is 79.4 Å². The number of aliphatic imine (C=N–C) groups is 1. The molecular formula is C26H27Cl2N7O2. The van der Waals surface area contributed by atoms with Gasteiger partial charge < -0.3 is 4.90 Å². The quantitative estimate of drug-likeness (QED) is 0.405. The maximum atomic E-state index is 14.1. The lowest BCUT2D eigenvalue weighted by Gasteiger charge is -2.44. The first-order valence-electron chi connectivity index (χ1n) is 12.4. The molecule has 5 rings (SSSR count). The highest BCUT2D eigenvalue weighted by Gasteiger charge is 2.50. The second-order valence-electron chi connectivity index (χ2n) is 9.45. The minimum absolute atomic E-state index is 0.102. The molecule has 1 fully saturated rings. The van der Waals surface area contributed by atoms with E-state index in [0.717, 1.165) is 50.5 Å². The molecule has 0 saturated heterocycles. The fourth-order valence-corrected chi connectivity index (χ4v) is 5.88. The summed E-state index contributed by atoms with van der Waals surface area (Å²) in [5.41, 5.74) is 1.85. The summed E-state index contributed by atoms with van der Waals surface area (Å²) < 4.78 is 0. The van der Waals surface area contributed by atoms with Crippen molar-refractivity contribution in [1.29, 1.82) is 0 Å². The molecule has 1 aromatic heterocycles. The SMILES string of the molecule is CCC[C@H](c1ccc(C(=O)Nc2nn[nH]n2)cc1)N1C(=O)C(c2cc(Cl)cc(Cl)c2)=NC12CCCCC2. The number of carbonyl (C=O) groups excluding carboxylic acids is 2. The van der Waals surface area contributed by atoms with Crippen LogP contribution < -0.4 is 5.32 Å². The molecule has 9 nitrogen and oxygen atoms in total. The summed E-state index contributed by atoms with van der Waals surface area (Å²) in [5.74, 6) is -0.354. The Bertz CT molecular complexity index is 1300. The van der Waals surface area contributed by atoms with Gasteiger partial charge in [-0.1, -0.05) is 60.2 Å². The molecule has 3 aromatic rings. The van der Waals surface area contributed by atoms with Crippen LogP contribution in [0.5, 0.6) is 0 Å². The molecule has 2 aliphatic rings. The molecule has 2 heterocycles. The lowest BCUT2D eigenvalue weighted by atomic mass is 9.86. The van der Waals surface area contributed by atoms with E-state index in [-0.39, 0.29) is 23.8 Å². The maximum Gasteiger partial charge on any atom is 0.275 e. The summed E-state index contributed by atoms with van der Waals surface area (Å²) >= 11 is 12.5. The molecule has 1 saturated carbocycles. The van der Waals surface area contributed by atoms with Crippen LogP contribution in [0, 0.1) is 0 Å². The van der Waals surface area contributed by atoms with E-state index in [1.807, 2.05) is 17.0 Å². The summed E-state index contributed by atoms with van der Waals surface area (Å²) in [6.45, 7) is 2.10. The summed E-state index contributed by atoms with van der Waals surface area (Å²) in [4.78, 5) is 33.7. The molecule has 1 aliphatic heterocycles. The van der Waals surface area contributed by atoms with Gasteiger partial charge in [-0.15, -0.1) is 5.10 Å². The molecule has 0 radical (unpaired) electrons. The van der Waals surface area contributed by atoms with Gasteiger partial charge in [0.15, 0.2) is 0 Å². The number of nitrogens with one attached hydrogen (secondary N) is 2. The summed E-state index contributed by atoms with van der Waals surface area (Å²) in [7, 11) is 0. The number of benzene rings is 2. The molecule has 2 amide bonds. The van der Waals surface area contributed by atoms with E-state index in [0.29, 0.717) is 26.9 Å². The molecule has 0 bridgehead atoms. The molecule has 11 heteroatoms. The topological polar surface area (TPSA) is 116 Å². The first-order valence-corrected chi connectivity index (χ1v) is 13.2. The normalized spacial score (nSPS) is 17.6. The molecule has 2 N–H and O–H groups in total. The molecule has 2 aromatic carbocycles. The molecule has 192 valence electrons. The van der Waals surface area contributed by atoms with Crippen molar-refractivity contribution in [3.05, 3.63) is 69.2 Å². The van der Waals surface area contributed by atoms with Crippen molar-refractivity contribution < 1.29 is 9.59 Å². The third-order valence-corrected chi connectivity index (χ3v) is 7.42. The summed E-state index contributed by atoms with van der Waals surface area (Å²) in [6, 6.07) is 12.3. The predicted molar refractivity (Wildman–Crippen MR) is 142 cm³/mol. The predicted octanol–water partition coefficient (Wildman–Crippen LogP) is 5.59. The minimum atomic E-state index is -0.603. The average molecular weight is 540 g/mol. The van der Waals surface area contributed by atoms with E-state index in [1.54, 1.807) is 30.3 Å². The van der Waals surface area contributed by atoms with Crippen molar-refractivity contribution in [2.45, 2.75) is 63.6 Å². The van der Waals surface area contributed by atoms with Crippen LogP contribution in [-0.4, -0.2) is 48.7 Å². The van der Waals surface area contributed by atoms with Crippen molar-refractivity contribution in [3.63, 3.8) is 0 Å². The van der Waals surface area contributed by atoms with Gasteiger partial charge in [0.05, 0.1) is 6.04 Å². The number of hydrogen-bond donors (Lipinski definition) is 2. The molecule has 0 unspecified atom stereocenters. The maximum absolute atomic E-state index is 14.1. The summed E-state index contributed by atoms with van der Waals surface area (Å²) in [5, 5.41) is 16.8. The third-order valence-electron chi connectivity index (χ3n) is 6.98. The Balaban J connectivity index is 1.48. The Kier molecular flexibility index (Phi) is 7.26. The lowest BCUT2D eigenvalue weighted by Crippen LogP contribution is -2.50. The fraction of sp³-hybridized carbons (Fsp3) is 0.385. The third kappa shape index (κ3) is 5.10. The van der Waals surface area contributed by atoms with Crippen LogP contribution in [0.3, 0.4) is 0 Å². The van der Waals surface area contributed by atoms with Gasteiger partial charge in [-0.25, -0.2) is 0 Å². The van der Waals surface area contributed by atoms with Gasteiger partial charge in [0, 0.05) is 21.2 Å². The van der Waals surface area contributed by atoms with Crippen molar-refractivity contribution in [2.75, 3.05) is 5.32 Å². The average Bonchev–Trinajstić information content (AvgIpc) is 3.49. The second kappa shape index (κ2) is 10.6. The molecular weight excluding hydrogens is 513 g/mol. The Hall–Kier alpha value is -3.30. The standard InChI is InChI=1S/C26H27Cl2N7O2/c1-2-6-21(16-7-9-17(10-8-16)23(36)29-25-31-33-34-32-25)35-24(37)22(18-13-19(27)15-20(28)14-18)30-26(35)11-4-3-5-12-26/h7-10,13-15,21H,2-6,11-12H2,1H3,(H2,29,31,32,33,34,36)/t21-/m1/s1. The number of aromatic amines is 1. The van der Waals surface area contributed by atoms with Crippen molar-refractivity contribution >= 4 is 46.7 Å². The highest BCUT2D eigenvalue weighted by atomic mass is 35.5. The van der Waals surface area contributed by atoms with E-state index in [1.165, 1.54) is 0 Å². The molecule has 1 aliphatic carbocycles. The zero-order valence-corrected chi connectivity index (χ0v) is 21.9. The number of rotatable bonds is 7. The van der Waals surface area contributed by atoms with Gasteiger partial charge in [0.1, 0.15) is 11.4 Å². The summed E-state index contributed by atoms with van der Waals surface area (Å²) in [6.07, 6.45) is 6.39. The smallest absolute Gasteiger partial charge is 0.275 e. The first kappa shape index (κ1) is 25.4. The Morgan fingerprint density at radius 3 is 2.43 bits per heavy atom. The highest BCUT2D eigenvalue weighted by Crippen LogP contribution is 2.45. The van der Waals surface area contributed by atoms with Crippen molar-refractivity contribution in [1.82, 2.24) is 25.5 Å². The van der Waals surface area contributed by atoms with Crippen LogP contribution in [0.15, 0.2) is 47.5 Å². The van der Waals surface area contributed by atoms with Crippen LogP contribution in [-0.2, 0) is 4.79 Å². The van der Waals surface area contributed by atoms with E-state index in [2.05, 4.69) is 32.9 Å². The number of H-pyrrole nitrogens is 1. The minimum Gasteiger partial charge on any atom is -0.305 e. The Labute approximate surface area is 224 Å². The zero-order valence-electron chi connectivity index (χ0n) is 20.4. The number of amides is 2. The largest absolute Gasteiger partial charge is 0.305 e. The Morgan fingerprint density at radius 2 is 1.81 bits per heavy atom. The van der Waals surface area contributed by atoms with E-state index >= 15 is 0 Å². The van der Waals surface area contributed by atoms with Crippen LogP contribution in [0.2, 0.25) is 10.0 Å². The van der Waals surface area contributed by atoms with Gasteiger partial charge >= 0.3 is 0 Å². The monoisotopic (exact) mass is 539 g/mol. The van der Waals surface area contributed by atoms with Crippen LogP contribution in [0.25, 0.3) is 0 Å². The van der Waals surface area contributed by atoms with E-state index < -0.39 is 5.66 Å².